The van der Waals surface area contributed by atoms with E-state index in [1.165, 1.54) is 20.3 Å². The molecule has 1 saturated heterocycles. The van der Waals surface area contributed by atoms with Crippen molar-refractivity contribution in [2.24, 2.45) is 0 Å². The number of ether oxygens (including phenoxy) is 3. The van der Waals surface area contributed by atoms with Crippen LogP contribution in [0, 0.1) is 6.92 Å². The van der Waals surface area contributed by atoms with Gasteiger partial charge in [0.1, 0.15) is 35.0 Å². The Kier molecular flexibility index (Phi) is 6.27. The Bertz CT molecular complexity index is 1580. The van der Waals surface area contributed by atoms with Crippen LogP contribution in [0.3, 0.4) is 0 Å². The molecule has 5 atom stereocenters. The van der Waals surface area contributed by atoms with Crippen LogP contribution in [-0.2, 0) is 4.74 Å². The van der Waals surface area contributed by atoms with E-state index in [2.05, 4.69) is 0 Å². The second kappa shape index (κ2) is 9.18. The monoisotopic (exact) mass is 509 g/mol. The Balaban J connectivity index is 1.94. The first-order valence-corrected chi connectivity index (χ1v) is 12.0. The SMILES string of the molecule is COc1cc2c(oc(=O)c3cc(C)cc(OC)c32)c2c([C@@H]3O[C@H](C)[C@H](O)[C@H](N(C)C)[C@H]3O)ccc(O)c12. The van der Waals surface area contributed by atoms with Crippen LogP contribution in [0.2, 0.25) is 0 Å². The number of hydrogen-bond donors (Lipinski definition) is 3. The third-order valence-electron chi connectivity index (χ3n) is 7.33. The first-order chi connectivity index (χ1) is 17.6. The van der Waals surface area contributed by atoms with Crippen LogP contribution in [0.4, 0.5) is 0 Å². The van der Waals surface area contributed by atoms with Gasteiger partial charge >= 0.3 is 5.63 Å². The van der Waals surface area contributed by atoms with Crippen LogP contribution in [0.25, 0.3) is 32.5 Å². The Morgan fingerprint density at radius 2 is 1.59 bits per heavy atom. The molecule has 3 aromatic carbocycles. The van der Waals surface area contributed by atoms with Gasteiger partial charge in [0.15, 0.2) is 0 Å². The average Bonchev–Trinajstić information content (AvgIpc) is 2.86. The number of methoxy groups -OCH3 is 2. The largest absolute Gasteiger partial charge is 0.507 e. The molecule has 0 spiro atoms. The van der Waals surface area contributed by atoms with Gasteiger partial charge in [-0.05, 0) is 63.3 Å². The molecule has 0 radical (unpaired) electrons. The van der Waals surface area contributed by atoms with Crippen molar-refractivity contribution in [3.63, 3.8) is 0 Å². The Morgan fingerprint density at radius 3 is 2.24 bits per heavy atom. The fraction of sp³-hybridized carbons (Fsp3) is 0.393. The number of aromatic hydroxyl groups is 1. The van der Waals surface area contributed by atoms with Gasteiger partial charge in [0.2, 0.25) is 0 Å². The Hall–Kier alpha value is -3.37. The van der Waals surface area contributed by atoms with E-state index in [4.69, 9.17) is 18.6 Å². The highest BCUT2D eigenvalue weighted by Crippen LogP contribution is 2.47. The predicted molar refractivity (Wildman–Crippen MR) is 140 cm³/mol. The number of nitrogens with zero attached hydrogens (tertiary/aromatic N) is 1. The van der Waals surface area contributed by atoms with Gasteiger partial charge in [0, 0.05) is 16.2 Å². The number of phenols is 1. The van der Waals surface area contributed by atoms with Crippen molar-refractivity contribution in [1.29, 1.82) is 0 Å². The molecule has 4 aromatic rings. The van der Waals surface area contributed by atoms with E-state index in [1.807, 2.05) is 13.0 Å². The lowest BCUT2D eigenvalue weighted by Gasteiger charge is -2.45. The highest BCUT2D eigenvalue weighted by atomic mass is 16.5. The standard InChI is InChI=1S/C28H31NO8/c1-12-9-16-20(18(10-12)34-5)15-11-19(35-6)22-17(30)8-7-14(21(22)26(15)37-28(16)33)27-25(32)23(29(3)4)24(31)13(2)36-27/h7-11,13,23-25,27,30-32H,1-6H3/t13-,23+,24+,25-,27+/m1/s1. The zero-order chi connectivity index (χ0) is 26.8. The van der Waals surface area contributed by atoms with Crippen molar-refractivity contribution in [2.45, 2.75) is 44.3 Å². The third kappa shape index (κ3) is 3.81. The number of rotatable bonds is 4. The van der Waals surface area contributed by atoms with Gasteiger partial charge in [-0.1, -0.05) is 6.07 Å². The van der Waals surface area contributed by atoms with E-state index in [0.29, 0.717) is 44.0 Å². The molecular weight excluding hydrogens is 478 g/mol. The number of benzene rings is 3. The summed E-state index contributed by atoms with van der Waals surface area (Å²) in [5.41, 5.74) is 0.967. The molecule has 1 aromatic heterocycles. The van der Waals surface area contributed by atoms with Crippen molar-refractivity contribution in [3.05, 3.63) is 51.9 Å². The van der Waals surface area contributed by atoms with Crippen LogP contribution < -0.4 is 15.1 Å². The van der Waals surface area contributed by atoms with Crippen molar-refractivity contribution in [3.8, 4) is 17.2 Å². The molecule has 37 heavy (non-hydrogen) atoms. The first-order valence-electron chi connectivity index (χ1n) is 12.0. The number of aryl methyl sites for hydroxylation is 1. The summed E-state index contributed by atoms with van der Waals surface area (Å²) >= 11 is 0. The summed E-state index contributed by atoms with van der Waals surface area (Å²) in [6.45, 7) is 3.60. The zero-order valence-corrected chi connectivity index (χ0v) is 21.6. The number of phenolic OH excluding ortho intramolecular Hbond substituents is 1. The molecule has 0 saturated carbocycles. The lowest BCUT2D eigenvalue weighted by molar-refractivity contribution is -0.197. The van der Waals surface area contributed by atoms with Crippen LogP contribution >= 0.6 is 0 Å². The van der Waals surface area contributed by atoms with Crippen LogP contribution in [-0.4, -0.2) is 72.9 Å². The van der Waals surface area contributed by atoms with Crippen LogP contribution in [0.5, 0.6) is 17.2 Å². The minimum atomic E-state index is -1.13. The fourth-order valence-electron chi connectivity index (χ4n) is 5.62. The quantitative estimate of drug-likeness (QED) is 0.281. The fourth-order valence-corrected chi connectivity index (χ4v) is 5.62. The maximum Gasteiger partial charge on any atom is 0.344 e. The molecule has 0 amide bonds. The number of hydrogen-bond acceptors (Lipinski definition) is 9. The molecule has 1 aliphatic heterocycles. The molecule has 2 heterocycles. The summed E-state index contributed by atoms with van der Waals surface area (Å²) in [6, 6.07) is 7.79. The molecule has 196 valence electrons. The number of aliphatic hydroxyl groups excluding tert-OH is 2. The van der Waals surface area contributed by atoms with Crippen molar-refractivity contribution < 1.29 is 33.9 Å². The second-order valence-electron chi connectivity index (χ2n) is 9.86. The van der Waals surface area contributed by atoms with E-state index in [9.17, 15) is 20.1 Å². The van der Waals surface area contributed by atoms with Gasteiger partial charge in [-0.2, -0.15) is 0 Å². The second-order valence-corrected chi connectivity index (χ2v) is 9.86. The maximum absolute atomic E-state index is 13.2. The molecule has 3 N–H and O–H groups in total. The number of aliphatic hydroxyl groups is 2. The summed E-state index contributed by atoms with van der Waals surface area (Å²) in [7, 11) is 6.57. The molecule has 5 rings (SSSR count). The zero-order valence-electron chi connectivity index (χ0n) is 21.6. The van der Waals surface area contributed by atoms with Gasteiger partial charge in [0.05, 0.1) is 43.2 Å². The topological polar surface area (TPSA) is 122 Å². The first kappa shape index (κ1) is 25.3. The smallest absolute Gasteiger partial charge is 0.344 e. The number of likely N-dealkylation sites (N-methyl/N-ethyl adjacent to an activating group) is 1. The van der Waals surface area contributed by atoms with E-state index in [0.717, 1.165) is 5.56 Å². The van der Waals surface area contributed by atoms with E-state index in [1.54, 1.807) is 44.1 Å². The maximum atomic E-state index is 13.2. The Morgan fingerprint density at radius 1 is 0.919 bits per heavy atom. The van der Waals surface area contributed by atoms with Gasteiger partial charge in [-0.3, -0.25) is 0 Å². The normalized spacial score (nSPS) is 24.3. The molecule has 0 aliphatic carbocycles. The highest BCUT2D eigenvalue weighted by Gasteiger charge is 2.45. The van der Waals surface area contributed by atoms with E-state index in [-0.39, 0.29) is 11.3 Å². The molecular formula is C28H31NO8. The van der Waals surface area contributed by atoms with Gasteiger partial charge in [0.25, 0.3) is 0 Å². The summed E-state index contributed by atoms with van der Waals surface area (Å²) < 4.78 is 23.4. The highest BCUT2D eigenvalue weighted by molar-refractivity contribution is 6.19. The van der Waals surface area contributed by atoms with Crippen LogP contribution in [0.1, 0.15) is 24.2 Å². The molecule has 9 heteroatoms. The van der Waals surface area contributed by atoms with Crippen LogP contribution in [0.15, 0.2) is 39.5 Å². The minimum absolute atomic E-state index is 0.0846. The molecule has 0 bridgehead atoms. The lowest BCUT2D eigenvalue weighted by atomic mass is 9.86. The minimum Gasteiger partial charge on any atom is -0.507 e. The molecule has 9 nitrogen and oxygen atoms in total. The van der Waals surface area contributed by atoms with Gasteiger partial charge < -0.3 is 38.8 Å². The van der Waals surface area contributed by atoms with E-state index >= 15 is 0 Å². The average molecular weight is 510 g/mol. The van der Waals surface area contributed by atoms with Crippen molar-refractivity contribution in [2.75, 3.05) is 28.3 Å². The lowest BCUT2D eigenvalue weighted by Crippen LogP contribution is -2.58. The summed E-state index contributed by atoms with van der Waals surface area (Å²) in [6.07, 6.45) is -3.55. The van der Waals surface area contributed by atoms with Crippen molar-refractivity contribution >= 4 is 32.5 Å². The molecule has 0 unspecified atom stereocenters. The van der Waals surface area contributed by atoms with Gasteiger partial charge in [-0.15, -0.1) is 0 Å². The number of fused-ring (bicyclic) bond motifs is 5. The third-order valence-corrected chi connectivity index (χ3v) is 7.33. The summed E-state index contributed by atoms with van der Waals surface area (Å²) in [5, 5.41) is 35.2. The van der Waals surface area contributed by atoms with E-state index < -0.39 is 36.1 Å². The molecule has 1 aliphatic rings. The summed E-state index contributed by atoms with van der Waals surface area (Å²) in [4.78, 5) is 15.0. The van der Waals surface area contributed by atoms with Crippen molar-refractivity contribution in [1.82, 2.24) is 4.90 Å². The Labute approximate surface area is 213 Å². The summed E-state index contributed by atoms with van der Waals surface area (Å²) in [5.74, 6) is 0.759. The van der Waals surface area contributed by atoms with Gasteiger partial charge in [-0.25, -0.2) is 4.79 Å². The molecule has 1 fully saturated rings. The predicted octanol–water partition coefficient (Wildman–Crippen LogP) is 3.24.